The Morgan fingerprint density at radius 2 is 1.20 bits per heavy atom. The number of halogens is 3. The molecule has 25 heavy (non-hydrogen) atoms. The molecule has 0 N–H and O–H groups in total. The van der Waals surface area contributed by atoms with E-state index in [0.29, 0.717) is 19.8 Å². The first-order chi connectivity index (χ1) is 12.0. The Morgan fingerprint density at radius 3 is 1.60 bits per heavy atom. The molecular weight excluding hydrogens is 673 g/mol. The topological polar surface area (TPSA) is 27.7 Å². The molecule has 1 rings (SSSR count). The van der Waals surface area contributed by atoms with E-state index < -0.39 is 8.80 Å². The lowest BCUT2D eigenvalue weighted by molar-refractivity contribution is 0.0698. The molecule has 3 nitrogen and oxygen atoms in total. The van der Waals surface area contributed by atoms with Gasteiger partial charge in [0.05, 0.1) is 0 Å². The predicted octanol–water partition coefficient (Wildman–Crippen LogP) is 6.10. The Bertz CT molecular complexity index is 488. The van der Waals surface area contributed by atoms with E-state index >= 15 is 0 Å². The van der Waals surface area contributed by atoms with E-state index in [9.17, 15) is 0 Å². The van der Waals surface area contributed by atoms with Gasteiger partial charge in [0.15, 0.2) is 0 Å². The zero-order valence-corrected chi connectivity index (χ0v) is 22.8. The third kappa shape index (κ3) is 8.18. The first-order valence-corrected chi connectivity index (χ1v) is 14.0. The summed E-state index contributed by atoms with van der Waals surface area (Å²) in [7, 11) is -2.91. The van der Waals surface area contributed by atoms with Gasteiger partial charge in [-0.2, -0.15) is 0 Å². The highest BCUT2D eigenvalue weighted by Crippen LogP contribution is 2.23. The SMILES string of the molecule is CCCCO[Si](OCCCC)(OCCCC)c1cc(I)cc(I)c1I. The van der Waals surface area contributed by atoms with Crippen LogP contribution in [0.1, 0.15) is 59.3 Å². The molecule has 0 amide bonds. The van der Waals surface area contributed by atoms with Crippen LogP contribution in [-0.4, -0.2) is 28.6 Å². The summed E-state index contributed by atoms with van der Waals surface area (Å²) in [6.07, 6.45) is 6.40. The van der Waals surface area contributed by atoms with Gasteiger partial charge in [-0.25, -0.2) is 0 Å². The van der Waals surface area contributed by atoms with Gasteiger partial charge in [0.2, 0.25) is 0 Å². The van der Waals surface area contributed by atoms with Gasteiger partial charge in [0.25, 0.3) is 0 Å². The maximum absolute atomic E-state index is 6.42. The lowest BCUT2D eigenvalue weighted by atomic mass is 10.4. The smallest absolute Gasteiger partial charge is 0.370 e. The van der Waals surface area contributed by atoms with Gasteiger partial charge in [0.1, 0.15) is 0 Å². The number of benzene rings is 1. The highest BCUT2D eigenvalue weighted by atomic mass is 127. The number of hydrogen-bond donors (Lipinski definition) is 0. The number of unbranched alkanes of at least 4 members (excludes halogenated alkanes) is 3. The first kappa shape index (κ1) is 24.5. The van der Waals surface area contributed by atoms with E-state index in [-0.39, 0.29) is 0 Å². The van der Waals surface area contributed by atoms with Crippen molar-refractivity contribution in [3.8, 4) is 0 Å². The van der Waals surface area contributed by atoms with Gasteiger partial charge in [-0.15, -0.1) is 0 Å². The molecule has 0 aromatic heterocycles. The Kier molecular flexibility index (Phi) is 13.4. The van der Waals surface area contributed by atoms with E-state index in [1.165, 1.54) is 10.7 Å². The maximum Gasteiger partial charge on any atom is 0.538 e. The van der Waals surface area contributed by atoms with Crippen LogP contribution in [0.2, 0.25) is 0 Å². The van der Waals surface area contributed by atoms with Gasteiger partial charge in [-0.05, 0) is 99.2 Å². The van der Waals surface area contributed by atoms with Crippen molar-refractivity contribution in [3.05, 3.63) is 22.8 Å². The average molecular weight is 702 g/mol. The van der Waals surface area contributed by atoms with E-state index in [2.05, 4.69) is 101 Å². The van der Waals surface area contributed by atoms with Crippen LogP contribution >= 0.6 is 67.8 Å². The molecule has 0 heterocycles. The molecule has 0 atom stereocenters. The molecule has 0 unspecified atom stereocenters. The molecule has 1 aromatic rings. The lowest BCUT2D eigenvalue weighted by Gasteiger charge is -2.31. The fourth-order valence-electron chi connectivity index (χ4n) is 2.19. The molecule has 0 saturated heterocycles. The third-order valence-electron chi connectivity index (χ3n) is 3.69. The van der Waals surface area contributed by atoms with Crippen molar-refractivity contribution in [3.63, 3.8) is 0 Å². The summed E-state index contributed by atoms with van der Waals surface area (Å²) in [5.74, 6) is 0. The second-order valence-corrected chi connectivity index (χ2v) is 11.9. The zero-order valence-electron chi connectivity index (χ0n) is 15.4. The Hall–Kier alpha value is 1.51. The lowest BCUT2D eigenvalue weighted by Crippen LogP contribution is -2.58. The summed E-state index contributed by atoms with van der Waals surface area (Å²) in [5, 5.41) is 1.13. The average Bonchev–Trinajstić information content (AvgIpc) is 2.58. The van der Waals surface area contributed by atoms with Gasteiger partial charge in [-0.3, -0.25) is 0 Å². The molecule has 0 aliphatic rings. The summed E-state index contributed by atoms with van der Waals surface area (Å²) < 4.78 is 22.9. The zero-order chi connectivity index (χ0) is 18.7. The fourth-order valence-corrected chi connectivity index (χ4v) is 8.58. The van der Waals surface area contributed by atoms with Crippen molar-refractivity contribution in [1.82, 2.24) is 0 Å². The highest BCUT2D eigenvalue weighted by molar-refractivity contribution is 14.1. The second kappa shape index (κ2) is 13.6. The van der Waals surface area contributed by atoms with Crippen LogP contribution in [0.4, 0.5) is 0 Å². The minimum Gasteiger partial charge on any atom is -0.370 e. The van der Waals surface area contributed by atoms with Crippen LogP contribution < -0.4 is 5.19 Å². The van der Waals surface area contributed by atoms with Crippen molar-refractivity contribution < 1.29 is 13.3 Å². The van der Waals surface area contributed by atoms with Gasteiger partial charge in [0, 0.05) is 35.7 Å². The standard InChI is InChI=1S/C18H29I3O3Si/c1-4-7-10-22-25(23-11-8-5-2,24-12-9-6-3)17-14-15(19)13-16(20)18(17)21/h13-14H,4-12H2,1-3H3. The molecule has 0 bridgehead atoms. The summed E-state index contributed by atoms with van der Waals surface area (Å²) in [6.45, 7) is 8.62. The van der Waals surface area contributed by atoms with E-state index in [1.54, 1.807) is 0 Å². The molecular formula is C18H29I3O3Si. The highest BCUT2D eigenvalue weighted by Gasteiger charge is 2.46. The normalized spacial score (nSPS) is 11.9. The molecule has 0 fully saturated rings. The van der Waals surface area contributed by atoms with E-state index in [1.807, 2.05) is 0 Å². The van der Waals surface area contributed by atoms with Gasteiger partial charge >= 0.3 is 8.80 Å². The summed E-state index contributed by atoms with van der Waals surface area (Å²) in [6, 6.07) is 4.39. The summed E-state index contributed by atoms with van der Waals surface area (Å²) in [5.41, 5.74) is 0. The third-order valence-corrected chi connectivity index (χ3v) is 10.7. The summed E-state index contributed by atoms with van der Waals surface area (Å²) >= 11 is 7.18. The quantitative estimate of drug-likeness (QED) is 0.108. The van der Waals surface area contributed by atoms with Crippen LogP contribution in [0, 0.1) is 10.7 Å². The van der Waals surface area contributed by atoms with Crippen molar-refractivity contribution in [2.75, 3.05) is 19.8 Å². The Morgan fingerprint density at radius 1 is 0.760 bits per heavy atom. The maximum atomic E-state index is 6.42. The largest absolute Gasteiger partial charge is 0.538 e. The van der Waals surface area contributed by atoms with E-state index in [4.69, 9.17) is 13.3 Å². The van der Waals surface area contributed by atoms with Crippen molar-refractivity contribution in [2.45, 2.75) is 59.3 Å². The monoisotopic (exact) mass is 702 g/mol. The molecule has 0 radical (unpaired) electrons. The van der Waals surface area contributed by atoms with Crippen molar-refractivity contribution in [2.24, 2.45) is 0 Å². The Labute approximate surface area is 195 Å². The molecule has 0 aliphatic carbocycles. The van der Waals surface area contributed by atoms with Crippen LogP contribution in [0.5, 0.6) is 0 Å². The molecule has 0 saturated carbocycles. The fraction of sp³-hybridized carbons (Fsp3) is 0.667. The van der Waals surface area contributed by atoms with Crippen LogP contribution in [-0.2, 0) is 13.3 Å². The van der Waals surface area contributed by atoms with Crippen molar-refractivity contribution >= 4 is 81.8 Å². The predicted molar refractivity (Wildman–Crippen MR) is 133 cm³/mol. The second-order valence-electron chi connectivity index (χ2n) is 5.91. The van der Waals surface area contributed by atoms with Gasteiger partial charge < -0.3 is 13.3 Å². The number of hydrogen-bond acceptors (Lipinski definition) is 3. The molecule has 1 aromatic carbocycles. The molecule has 144 valence electrons. The van der Waals surface area contributed by atoms with Crippen LogP contribution in [0.25, 0.3) is 0 Å². The Balaban J connectivity index is 3.23. The number of rotatable bonds is 13. The molecule has 0 aliphatic heterocycles. The van der Waals surface area contributed by atoms with Crippen molar-refractivity contribution in [1.29, 1.82) is 0 Å². The summed E-state index contributed by atoms with van der Waals surface area (Å²) in [4.78, 5) is 0. The van der Waals surface area contributed by atoms with E-state index in [0.717, 1.165) is 43.7 Å². The minimum absolute atomic E-state index is 0.694. The van der Waals surface area contributed by atoms with Gasteiger partial charge in [-0.1, -0.05) is 40.0 Å². The molecule has 0 spiro atoms. The molecule has 7 heteroatoms. The van der Waals surface area contributed by atoms with Crippen LogP contribution in [0.3, 0.4) is 0 Å². The van der Waals surface area contributed by atoms with Crippen LogP contribution in [0.15, 0.2) is 12.1 Å². The minimum atomic E-state index is -2.91. The first-order valence-electron chi connectivity index (χ1n) is 9.07.